The number of nitrogens with one attached hydrogen (secondary N) is 1. The smallest absolute Gasteiger partial charge is 0.265 e. The van der Waals surface area contributed by atoms with E-state index in [1.54, 1.807) is 12.1 Å². The third-order valence-corrected chi connectivity index (χ3v) is 5.45. The summed E-state index contributed by atoms with van der Waals surface area (Å²) in [5.74, 6) is -0.246. The van der Waals surface area contributed by atoms with E-state index in [2.05, 4.69) is 10.3 Å². The number of amides is 1. The number of carbonyl (C=O) groups excluding carboxylic acids is 1. The molecule has 122 valence electrons. The average Bonchev–Trinajstić information content (AvgIpc) is 2.96. The third kappa shape index (κ3) is 3.43. The molecule has 0 aliphatic carbocycles. The minimum Gasteiger partial charge on any atom is -0.338 e. The van der Waals surface area contributed by atoms with Gasteiger partial charge in [-0.05, 0) is 57.1 Å². The molecule has 23 heavy (non-hydrogen) atoms. The lowest BCUT2D eigenvalue weighted by molar-refractivity contribution is 0.0707. The monoisotopic (exact) mass is 333 g/mol. The van der Waals surface area contributed by atoms with Crippen LogP contribution >= 0.6 is 11.3 Å². The van der Waals surface area contributed by atoms with Crippen molar-refractivity contribution >= 4 is 17.2 Å². The first-order chi connectivity index (χ1) is 11.1. The molecule has 1 fully saturated rings. The molecule has 2 aromatic rings. The molecule has 1 aromatic carbocycles. The molecule has 1 aliphatic rings. The zero-order valence-electron chi connectivity index (χ0n) is 13.3. The molecule has 0 spiro atoms. The van der Waals surface area contributed by atoms with Crippen molar-refractivity contribution in [2.24, 2.45) is 0 Å². The van der Waals surface area contributed by atoms with Crippen LogP contribution in [0.1, 0.15) is 28.2 Å². The zero-order chi connectivity index (χ0) is 16.4. The van der Waals surface area contributed by atoms with Gasteiger partial charge in [0.2, 0.25) is 0 Å². The Labute approximate surface area is 139 Å². The Balaban J connectivity index is 1.82. The fraction of sp³-hybridized carbons (Fsp3) is 0.412. The van der Waals surface area contributed by atoms with Gasteiger partial charge in [0, 0.05) is 18.7 Å². The standard InChI is InChI=1S/C17H20FN3OS/c1-11-15(17(22)21(2)14-7-9-19-10-8-14)23-16(20-11)12-3-5-13(18)6-4-12/h3-6,14,19H,7-10H2,1-2H3. The predicted molar refractivity (Wildman–Crippen MR) is 90.2 cm³/mol. The van der Waals surface area contributed by atoms with Crippen LogP contribution in [0, 0.1) is 12.7 Å². The summed E-state index contributed by atoms with van der Waals surface area (Å²) < 4.78 is 13.0. The summed E-state index contributed by atoms with van der Waals surface area (Å²) in [5, 5.41) is 4.07. The number of hydrogen-bond acceptors (Lipinski definition) is 4. The van der Waals surface area contributed by atoms with Gasteiger partial charge in [0.25, 0.3) is 5.91 Å². The summed E-state index contributed by atoms with van der Waals surface area (Å²) in [5.41, 5.74) is 1.57. The van der Waals surface area contributed by atoms with Crippen molar-refractivity contribution in [3.63, 3.8) is 0 Å². The lowest BCUT2D eigenvalue weighted by atomic mass is 10.1. The fourth-order valence-electron chi connectivity index (χ4n) is 2.83. The topological polar surface area (TPSA) is 45.2 Å². The van der Waals surface area contributed by atoms with Gasteiger partial charge in [0.05, 0.1) is 5.69 Å². The quantitative estimate of drug-likeness (QED) is 0.939. The molecule has 1 aliphatic heterocycles. The molecule has 0 atom stereocenters. The van der Waals surface area contributed by atoms with Crippen molar-refractivity contribution in [3.8, 4) is 10.6 Å². The van der Waals surface area contributed by atoms with Crippen LogP contribution < -0.4 is 5.32 Å². The number of halogens is 1. The van der Waals surface area contributed by atoms with Crippen molar-refractivity contribution in [3.05, 3.63) is 40.7 Å². The SMILES string of the molecule is Cc1nc(-c2ccc(F)cc2)sc1C(=O)N(C)C1CCNCC1. The lowest BCUT2D eigenvalue weighted by Crippen LogP contribution is -2.43. The molecule has 0 unspecified atom stereocenters. The van der Waals surface area contributed by atoms with Gasteiger partial charge in [0.1, 0.15) is 15.7 Å². The number of aryl methyl sites for hydroxylation is 1. The van der Waals surface area contributed by atoms with E-state index in [0.717, 1.165) is 42.2 Å². The second-order valence-electron chi connectivity index (χ2n) is 5.84. The summed E-state index contributed by atoms with van der Waals surface area (Å²) >= 11 is 1.38. The Bertz CT molecular complexity index is 692. The molecule has 0 bridgehead atoms. The maximum absolute atomic E-state index is 13.0. The van der Waals surface area contributed by atoms with Gasteiger partial charge in [-0.1, -0.05) is 0 Å². The molecule has 1 N–H and O–H groups in total. The number of piperidine rings is 1. The summed E-state index contributed by atoms with van der Waals surface area (Å²) in [6.07, 6.45) is 1.95. The van der Waals surface area contributed by atoms with E-state index in [1.165, 1.54) is 23.5 Å². The van der Waals surface area contributed by atoms with E-state index in [0.29, 0.717) is 4.88 Å². The van der Waals surface area contributed by atoms with Gasteiger partial charge in [-0.15, -0.1) is 11.3 Å². The van der Waals surface area contributed by atoms with Crippen LogP contribution in [0.25, 0.3) is 10.6 Å². The Hall–Kier alpha value is -1.79. The molecular weight excluding hydrogens is 313 g/mol. The van der Waals surface area contributed by atoms with Crippen molar-refractivity contribution in [1.82, 2.24) is 15.2 Å². The maximum Gasteiger partial charge on any atom is 0.265 e. The molecule has 3 rings (SSSR count). The maximum atomic E-state index is 13.0. The Morgan fingerprint density at radius 3 is 2.61 bits per heavy atom. The van der Waals surface area contributed by atoms with Crippen LogP contribution in [-0.4, -0.2) is 42.0 Å². The molecule has 6 heteroatoms. The van der Waals surface area contributed by atoms with Crippen molar-refractivity contribution < 1.29 is 9.18 Å². The van der Waals surface area contributed by atoms with Gasteiger partial charge in [-0.2, -0.15) is 0 Å². The number of aromatic nitrogens is 1. The highest BCUT2D eigenvalue weighted by Gasteiger charge is 2.26. The van der Waals surface area contributed by atoms with Crippen LogP contribution in [0.3, 0.4) is 0 Å². The first kappa shape index (κ1) is 16.1. The minimum absolute atomic E-state index is 0.0280. The van der Waals surface area contributed by atoms with E-state index in [1.807, 2.05) is 18.9 Å². The summed E-state index contributed by atoms with van der Waals surface area (Å²) in [7, 11) is 1.87. The fourth-order valence-corrected chi connectivity index (χ4v) is 3.89. The third-order valence-electron chi connectivity index (χ3n) is 4.26. The lowest BCUT2D eigenvalue weighted by Gasteiger charge is -2.31. The van der Waals surface area contributed by atoms with Gasteiger partial charge >= 0.3 is 0 Å². The molecule has 0 radical (unpaired) electrons. The van der Waals surface area contributed by atoms with Crippen molar-refractivity contribution in [2.75, 3.05) is 20.1 Å². The number of thiazole rings is 1. The summed E-state index contributed by atoms with van der Waals surface area (Å²) in [4.78, 5) is 19.8. The van der Waals surface area contributed by atoms with Gasteiger partial charge in [-0.25, -0.2) is 9.37 Å². The Kier molecular flexibility index (Phi) is 4.73. The molecule has 0 saturated carbocycles. The zero-order valence-corrected chi connectivity index (χ0v) is 14.1. The van der Waals surface area contributed by atoms with Crippen LogP contribution in [0.5, 0.6) is 0 Å². The van der Waals surface area contributed by atoms with Crippen LogP contribution in [0.15, 0.2) is 24.3 Å². The van der Waals surface area contributed by atoms with E-state index in [9.17, 15) is 9.18 Å². The van der Waals surface area contributed by atoms with E-state index < -0.39 is 0 Å². The minimum atomic E-state index is -0.274. The van der Waals surface area contributed by atoms with Crippen molar-refractivity contribution in [1.29, 1.82) is 0 Å². The van der Waals surface area contributed by atoms with Gasteiger partial charge in [0.15, 0.2) is 0 Å². The Morgan fingerprint density at radius 2 is 1.96 bits per heavy atom. The van der Waals surface area contributed by atoms with E-state index >= 15 is 0 Å². The van der Waals surface area contributed by atoms with Crippen LogP contribution in [0.4, 0.5) is 4.39 Å². The van der Waals surface area contributed by atoms with Crippen LogP contribution in [-0.2, 0) is 0 Å². The number of rotatable bonds is 3. The molecule has 1 saturated heterocycles. The first-order valence-electron chi connectivity index (χ1n) is 7.77. The molecule has 2 heterocycles. The van der Waals surface area contributed by atoms with Crippen LogP contribution in [0.2, 0.25) is 0 Å². The second kappa shape index (κ2) is 6.76. The van der Waals surface area contributed by atoms with E-state index in [4.69, 9.17) is 0 Å². The van der Waals surface area contributed by atoms with E-state index in [-0.39, 0.29) is 17.8 Å². The molecule has 4 nitrogen and oxygen atoms in total. The number of nitrogens with zero attached hydrogens (tertiary/aromatic N) is 2. The highest BCUT2D eigenvalue weighted by molar-refractivity contribution is 7.17. The number of carbonyl (C=O) groups is 1. The second-order valence-corrected chi connectivity index (χ2v) is 6.84. The summed E-state index contributed by atoms with van der Waals surface area (Å²) in [6, 6.07) is 6.49. The molecule has 1 aromatic heterocycles. The number of hydrogen-bond donors (Lipinski definition) is 1. The van der Waals surface area contributed by atoms with Gasteiger partial charge in [-0.3, -0.25) is 4.79 Å². The normalized spacial score (nSPS) is 15.6. The largest absolute Gasteiger partial charge is 0.338 e. The predicted octanol–water partition coefficient (Wildman–Crippen LogP) is 3.08. The molecule has 1 amide bonds. The van der Waals surface area contributed by atoms with Crippen molar-refractivity contribution in [2.45, 2.75) is 25.8 Å². The Morgan fingerprint density at radius 1 is 1.30 bits per heavy atom. The molecular formula is C17H20FN3OS. The summed E-state index contributed by atoms with van der Waals surface area (Å²) in [6.45, 7) is 3.75. The number of benzene rings is 1. The van der Waals surface area contributed by atoms with Gasteiger partial charge < -0.3 is 10.2 Å². The highest BCUT2D eigenvalue weighted by Crippen LogP contribution is 2.29. The highest BCUT2D eigenvalue weighted by atomic mass is 32.1. The first-order valence-corrected chi connectivity index (χ1v) is 8.59. The average molecular weight is 333 g/mol.